The van der Waals surface area contributed by atoms with Gasteiger partial charge in [-0.1, -0.05) is 142 Å². The Balaban J connectivity index is 2.18. The molecule has 1 aliphatic rings. The molecule has 0 saturated carbocycles. The van der Waals surface area contributed by atoms with Gasteiger partial charge in [0.1, 0.15) is 12.2 Å². The predicted octanol–water partition coefficient (Wildman–Crippen LogP) is 9.57. The van der Waals surface area contributed by atoms with Gasteiger partial charge in [-0.3, -0.25) is 0 Å². The molecule has 5 nitrogen and oxygen atoms in total. The summed E-state index contributed by atoms with van der Waals surface area (Å²) in [5, 5.41) is 21.5. The maximum absolute atomic E-state index is 10.5. The van der Waals surface area contributed by atoms with E-state index in [1.54, 1.807) is 0 Å². The molecule has 0 aromatic carbocycles. The molecule has 1 aliphatic heterocycles. The third kappa shape index (κ3) is 20.3. The van der Waals surface area contributed by atoms with E-state index >= 15 is 0 Å². The first-order chi connectivity index (χ1) is 20.0. The Hall–Kier alpha value is -0.340. The summed E-state index contributed by atoms with van der Waals surface area (Å²) < 4.78 is 17.7. The Kier molecular flexibility index (Phi) is 25.7. The van der Waals surface area contributed by atoms with E-state index in [1.165, 1.54) is 116 Å². The molecule has 4 atom stereocenters. The molecule has 0 bridgehead atoms. The highest BCUT2D eigenvalue weighted by Gasteiger charge is 2.44. The first kappa shape index (κ1) is 38.7. The SMILES string of the molecule is CCCCCCCCCCCCCC(=S)O[C@H]1[C@@H]([C@H](CO)OC(=S)CCCCCCCCCCCCC)OC[C@H]1O. The summed E-state index contributed by atoms with van der Waals surface area (Å²) in [5.41, 5.74) is 0. The second-order valence-electron chi connectivity index (χ2n) is 12.1. The zero-order valence-electron chi connectivity index (χ0n) is 26.6. The van der Waals surface area contributed by atoms with E-state index in [0.29, 0.717) is 22.9 Å². The van der Waals surface area contributed by atoms with Crippen LogP contribution in [0.4, 0.5) is 0 Å². The summed E-state index contributed by atoms with van der Waals surface area (Å²) in [6, 6.07) is 0. The number of hydrogen-bond donors (Lipinski definition) is 2. The highest BCUT2D eigenvalue weighted by atomic mass is 32.1. The van der Waals surface area contributed by atoms with Crippen LogP contribution in [0.15, 0.2) is 0 Å². The summed E-state index contributed by atoms with van der Waals surface area (Å²) >= 11 is 11.0. The van der Waals surface area contributed by atoms with E-state index in [4.69, 9.17) is 38.6 Å². The normalized spacial score (nSPS) is 19.4. The molecule has 0 amide bonds. The molecule has 0 spiro atoms. The lowest BCUT2D eigenvalue weighted by molar-refractivity contribution is -0.0577. The molecule has 0 unspecified atom stereocenters. The van der Waals surface area contributed by atoms with E-state index in [1.807, 2.05) is 0 Å². The van der Waals surface area contributed by atoms with Crippen LogP contribution in [0.2, 0.25) is 0 Å². The van der Waals surface area contributed by atoms with Gasteiger partial charge in [-0.15, -0.1) is 0 Å². The molecular formula is C34H64O5S2. The van der Waals surface area contributed by atoms with E-state index in [2.05, 4.69) is 13.8 Å². The van der Waals surface area contributed by atoms with E-state index in [9.17, 15) is 10.2 Å². The van der Waals surface area contributed by atoms with Gasteiger partial charge in [0.15, 0.2) is 22.3 Å². The third-order valence-corrected chi connectivity index (χ3v) is 8.83. The number of aliphatic hydroxyl groups excluding tert-OH is 2. The van der Waals surface area contributed by atoms with Crippen LogP contribution >= 0.6 is 24.4 Å². The second-order valence-corrected chi connectivity index (χ2v) is 13.0. The predicted molar refractivity (Wildman–Crippen MR) is 180 cm³/mol. The summed E-state index contributed by atoms with van der Waals surface area (Å²) in [6.07, 6.45) is 26.9. The Labute approximate surface area is 263 Å². The van der Waals surface area contributed by atoms with Crippen molar-refractivity contribution in [3.8, 4) is 0 Å². The fourth-order valence-electron chi connectivity index (χ4n) is 5.60. The lowest BCUT2D eigenvalue weighted by Crippen LogP contribution is -2.45. The Morgan fingerprint density at radius 3 is 1.46 bits per heavy atom. The molecule has 7 heteroatoms. The number of hydrogen-bond acceptors (Lipinski definition) is 7. The quantitative estimate of drug-likeness (QED) is 0.0670. The number of thiocarbonyl (C=S) groups is 2. The van der Waals surface area contributed by atoms with Gasteiger partial charge < -0.3 is 24.4 Å². The fraction of sp³-hybridized carbons (Fsp3) is 0.941. The zero-order chi connectivity index (χ0) is 30.0. The third-order valence-electron chi connectivity index (χ3n) is 8.23. The Bertz CT molecular complexity index is 632. The topological polar surface area (TPSA) is 68.2 Å². The molecule has 242 valence electrons. The minimum Gasteiger partial charge on any atom is -0.479 e. The van der Waals surface area contributed by atoms with Crippen LogP contribution in [0.25, 0.3) is 0 Å². The van der Waals surface area contributed by atoms with Crippen LogP contribution in [-0.2, 0) is 14.2 Å². The van der Waals surface area contributed by atoms with E-state index in [-0.39, 0.29) is 13.2 Å². The van der Waals surface area contributed by atoms with Gasteiger partial charge in [0.2, 0.25) is 0 Å². The molecule has 41 heavy (non-hydrogen) atoms. The average molecular weight is 617 g/mol. The smallest absolute Gasteiger partial charge is 0.160 e. The van der Waals surface area contributed by atoms with Gasteiger partial charge in [0.25, 0.3) is 0 Å². The van der Waals surface area contributed by atoms with Crippen molar-refractivity contribution < 1.29 is 24.4 Å². The van der Waals surface area contributed by atoms with Crippen LogP contribution in [0, 0.1) is 0 Å². The van der Waals surface area contributed by atoms with Gasteiger partial charge in [-0.2, -0.15) is 0 Å². The molecule has 0 aliphatic carbocycles. The van der Waals surface area contributed by atoms with Crippen LogP contribution in [0.5, 0.6) is 0 Å². The Morgan fingerprint density at radius 2 is 1.05 bits per heavy atom. The monoisotopic (exact) mass is 616 g/mol. The molecule has 1 fully saturated rings. The van der Waals surface area contributed by atoms with Gasteiger partial charge in [0, 0.05) is 12.8 Å². The van der Waals surface area contributed by atoms with Crippen molar-refractivity contribution in [1.29, 1.82) is 0 Å². The van der Waals surface area contributed by atoms with Crippen LogP contribution in [-0.4, -0.2) is 57.9 Å². The van der Waals surface area contributed by atoms with Crippen molar-refractivity contribution in [3.63, 3.8) is 0 Å². The largest absolute Gasteiger partial charge is 0.479 e. The number of aliphatic hydroxyl groups is 2. The first-order valence-electron chi connectivity index (χ1n) is 17.3. The van der Waals surface area contributed by atoms with Gasteiger partial charge in [-0.25, -0.2) is 0 Å². The molecule has 1 heterocycles. The number of unbranched alkanes of at least 4 members (excludes halogenated alkanes) is 20. The average Bonchev–Trinajstić information content (AvgIpc) is 3.32. The van der Waals surface area contributed by atoms with Gasteiger partial charge in [0.05, 0.1) is 13.2 Å². The molecule has 1 rings (SSSR count). The summed E-state index contributed by atoms with van der Waals surface area (Å²) in [4.78, 5) is 0. The highest BCUT2D eigenvalue weighted by Crippen LogP contribution is 2.25. The maximum atomic E-state index is 10.5. The lowest BCUT2D eigenvalue weighted by atomic mass is 10.0. The first-order valence-corrected chi connectivity index (χ1v) is 18.1. The molecular weight excluding hydrogens is 553 g/mol. The van der Waals surface area contributed by atoms with Crippen LogP contribution in [0.1, 0.15) is 168 Å². The molecule has 2 N–H and O–H groups in total. The standard InChI is InChI=1S/C34H64O5S2/c1-3-5-7-9-11-13-15-17-19-21-23-25-31(40)38-30(27-35)34-33(29(36)28-37-34)39-32(41)26-24-22-20-18-16-14-12-10-8-6-4-2/h29-30,33-36H,3-28H2,1-2H3/t29-,30+,33-,34-/m1/s1. The molecule has 0 radical (unpaired) electrons. The van der Waals surface area contributed by atoms with Gasteiger partial charge >= 0.3 is 0 Å². The second kappa shape index (κ2) is 27.2. The van der Waals surface area contributed by atoms with Crippen LogP contribution in [0.3, 0.4) is 0 Å². The summed E-state index contributed by atoms with van der Waals surface area (Å²) in [6.45, 7) is 4.41. The molecule has 0 aromatic heterocycles. The molecule has 0 aromatic rings. The van der Waals surface area contributed by atoms with Crippen molar-refractivity contribution in [2.75, 3.05) is 13.2 Å². The lowest BCUT2D eigenvalue weighted by Gasteiger charge is -2.28. The van der Waals surface area contributed by atoms with E-state index in [0.717, 1.165) is 25.7 Å². The minimum atomic E-state index is -0.798. The number of rotatable bonds is 28. The van der Waals surface area contributed by atoms with Crippen molar-refractivity contribution in [2.24, 2.45) is 0 Å². The van der Waals surface area contributed by atoms with Crippen LogP contribution < -0.4 is 0 Å². The van der Waals surface area contributed by atoms with Crippen molar-refractivity contribution in [2.45, 2.75) is 192 Å². The minimum absolute atomic E-state index is 0.140. The summed E-state index contributed by atoms with van der Waals surface area (Å²) in [7, 11) is 0. The highest BCUT2D eigenvalue weighted by molar-refractivity contribution is 7.80. The molecule has 1 saturated heterocycles. The van der Waals surface area contributed by atoms with Crippen molar-refractivity contribution >= 4 is 34.5 Å². The zero-order valence-corrected chi connectivity index (χ0v) is 28.3. The maximum Gasteiger partial charge on any atom is 0.160 e. The van der Waals surface area contributed by atoms with Crippen molar-refractivity contribution in [3.05, 3.63) is 0 Å². The van der Waals surface area contributed by atoms with Crippen molar-refractivity contribution in [1.82, 2.24) is 0 Å². The van der Waals surface area contributed by atoms with Gasteiger partial charge in [-0.05, 0) is 37.3 Å². The Morgan fingerprint density at radius 1 is 0.659 bits per heavy atom. The fourth-order valence-corrected chi connectivity index (χ4v) is 6.12. The summed E-state index contributed by atoms with van der Waals surface area (Å²) in [5.74, 6) is 0. The number of ether oxygens (including phenoxy) is 3. The van der Waals surface area contributed by atoms with E-state index < -0.39 is 24.4 Å².